The Kier molecular flexibility index (Phi) is 10.5. The Hall–Kier alpha value is -3.79. The summed E-state index contributed by atoms with van der Waals surface area (Å²) in [5.41, 5.74) is 3.65. The van der Waals surface area contributed by atoms with Gasteiger partial charge in [-0.25, -0.2) is 4.98 Å². The lowest BCUT2D eigenvalue weighted by molar-refractivity contribution is -0.133. The van der Waals surface area contributed by atoms with Crippen molar-refractivity contribution in [2.75, 3.05) is 65.0 Å². The molecule has 0 saturated carbocycles. The topological polar surface area (TPSA) is 71.0 Å². The van der Waals surface area contributed by atoms with Crippen molar-refractivity contribution >= 4 is 22.6 Å². The summed E-state index contributed by atoms with van der Waals surface area (Å²) in [5, 5.41) is 0.816. The second-order valence-corrected chi connectivity index (χ2v) is 11.1. The van der Waals surface area contributed by atoms with E-state index in [1.807, 2.05) is 29.2 Å². The van der Waals surface area contributed by atoms with Crippen LogP contribution in [0.1, 0.15) is 35.0 Å². The molecule has 1 aliphatic heterocycles. The van der Waals surface area contributed by atoms with E-state index in [9.17, 15) is 4.79 Å². The van der Waals surface area contributed by atoms with Crippen LogP contribution in [0.5, 0.6) is 5.75 Å². The zero-order valence-electron chi connectivity index (χ0n) is 24.4. The van der Waals surface area contributed by atoms with Crippen molar-refractivity contribution in [3.8, 4) is 5.75 Å². The molecule has 1 fully saturated rings. The highest BCUT2D eigenvalue weighted by atomic mass is 32.1. The number of amides is 1. The van der Waals surface area contributed by atoms with Gasteiger partial charge in [0.2, 0.25) is 11.0 Å². The molecule has 0 radical (unpaired) electrons. The number of piperazine rings is 1. The monoisotopic (exact) mass is 585 g/mol. The van der Waals surface area contributed by atoms with E-state index in [0.29, 0.717) is 32.5 Å². The van der Waals surface area contributed by atoms with Crippen molar-refractivity contribution in [2.45, 2.75) is 18.9 Å². The standard InChI is InChI=1S/C33H39N5O3S/c1-40-23-22-38(33-34-30(35-42-33)25-26-10-9-15-29(24-26)41-2)17-16-31(39)36-18-20-37(21-19-36)32(27-11-5-3-6-12-27)28-13-7-4-8-14-28/h3-15,24,32H,16-23,25H2,1-2H3. The molecule has 0 bridgehead atoms. The van der Waals surface area contributed by atoms with Crippen LogP contribution in [0.2, 0.25) is 0 Å². The van der Waals surface area contributed by atoms with E-state index >= 15 is 0 Å². The number of ether oxygens (including phenoxy) is 2. The van der Waals surface area contributed by atoms with Crippen molar-refractivity contribution in [1.29, 1.82) is 0 Å². The molecule has 3 aromatic carbocycles. The molecule has 0 unspecified atom stereocenters. The van der Waals surface area contributed by atoms with Crippen LogP contribution >= 0.6 is 11.5 Å². The van der Waals surface area contributed by atoms with Gasteiger partial charge in [-0.15, -0.1) is 0 Å². The molecule has 8 nitrogen and oxygen atoms in total. The number of rotatable bonds is 13. The number of nitrogens with zero attached hydrogens (tertiary/aromatic N) is 5. The third kappa shape index (κ3) is 7.73. The lowest BCUT2D eigenvalue weighted by atomic mass is 9.96. The maximum atomic E-state index is 13.3. The molecule has 0 atom stereocenters. The molecule has 1 aliphatic rings. The Labute approximate surface area is 252 Å². The normalized spacial score (nSPS) is 13.8. The number of benzene rings is 3. The molecular formula is C33H39N5O3S. The minimum absolute atomic E-state index is 0.175. The number of hydrogen-bond acceptors (Lipinski definition) is 8. The molecule has 0 aliphatic carbocycles. The zero-order valence-corrected chi connectivity index (χ0v) is 25.2. The van der Waals surface area contributed by atoms with Crippen LogP contribution in [0.15, 0.2) is 84.9 Å². The number of anilines is 1. The summed E-state index contributed by atoms with van der Waals surface area (Å²) in [7, 11) is 3.36. The lowest BCUT2D eigenvalue weighted by Gasteiger charge is -2.40. The largest absolute Gasteiger partial charge is 0.497 e. The first-order chi connectivity index (χ1) is 20.6. The molecule has 2 heterocycles. The number of methoxy groups -OCH3 is 2. The zero-order chi connectivity index (χ0) is 29.1. The first-order valence-electron chi connectivity index (χ1n) is 14.5. The molecule has 1 amide bonds. The van der Waals surface area contributed by atoms with Crippen molar-refractivity contribution in [3.63, 3.8) is 0 Å². The van der Waals surface area contributed by atoms with Crippen LogP contribution < -0.4 is 9.64 Å². The molecule has 5 rings (SSSR count). The summed E-state index contributed by atoms with van der Waals surface area (Å²) >= 11 is 1.37. The van der Waals surface area contributed by atoms with Gasteiger partial charge < -0.3 is 19.3 Å². The van der Waals surface area contributed by atoms with E-state index in [1.54, 1.807) is 14.2 Å². The van der Waals surface area contributed by atoms with Crippen LogP contribution in [0, 0.1) is 0 Å². The molecule has 220 valence electrons. The minimum atomic E-state index is 0.175. The number of aromatic nitrogens is 2. The average Bonchev–Trinajstić information content (AvgIpc) is 3.50. The third-order valence-corrected chi connectivity index (χ3v) is 8.46. The van der Waals surface area contributed by atoms with Crippen molar-refractivity contribution in [3.05, 3.63) is 107 Å². The van der Waals surface area contributed by atoms with Crippen LogP contribution in [0.3, 0.4) is 0 Å². The van der Waals surface area contributed by atoms with Gasteiger partial charge in [0.05, 0.1) is 19.8 Å². The highest BCUT2D eigenvalue weighted by molar-refractivity contribution is 7.09. The summed E-state index contributed by atoms with van der Waals surface area (Å²) in [6, 6.07) is 29.4. The molecule has 4 aromatic rings. The maximum absolute atomic E-state index is 13.3. The molecule has 0 N–H and O–H groups in total. The quantitative estimate of drug-likeness (QED) is 0.221. The lowest BCUT2D eigenvalue weighted by Crippen LogP contribution is -2.50. The SMILES string of the molecule is COCCN(CCC(=O)N1CCN(C(c2ccccc2)c2ccccc2)CC1)c1nc(Cc2cccc(OC)c2)ns1. The summed E-state index contributed by atoms with van der Waals surface area (Å²) in [5.74, 6) is 1.76. The van der Waals surface area contributed by atoms with Gasteiger partial charge in [0, 0.05) is 70.8 Å². The van der Waals surface area contributed by atoms with Gasteiger partial charge in [-0.3, -0.25) is 9.69 Å². The van der Waals surface area contributed by atoms with Crippen molar-refractivity contribution in [1.82, 2.24) is 19.2 Å². The van der Waals surface area contributed by atoms with Gasteiger partial charge in [-0.1, -0.05) is 72.8 Å². The first kappa shape index (κ1) is 29.7. The molecule has 9 heteroatoms. The predicted molar refractivity (Wildman–Crippen MR) is 167 cm³/mol. The van der Waals surface area contributed by atoms with Gasteiger partial charge in [-0.05, 0) is 28.8 Å². The fourth-order valence-corrected chi connectivity index (χ4v) is 6.15. The van der Waals surface area contributed by atoms with E-state index < -0.39 is 0 Å². The maximum Gasteiger partial charge on any atom is 0.224 e. The Bertz CT molecular complexity index is 1350. The van der Waals surface area contributed by atoms with Gasteiger partial charge >= 0.3 is 0 Å². The Morgan fingerprint density at radius 3 is 2.24 bits per heavy atom. The van der Waals surface area contributed by atoms with Crippen LogP contribution in [-0.4, -0.2) is 85.2 Å². The van der Waals surface area contributed by atoms with Gasteiger partial charge in [0.15, 0.2) is 0 Å². The van der Waals surface area contributed by atoms with Crippen LogP contribution in [0.4, 0.5) is 5.13 Å². The summed E-state index contributed by atoms with van der Waals surface area (Å²) < 4.78 is 15.3. The Morgan fingerprint density at radius 1 is 0.905 bits per heavy atom. The highest BCUT2D eigenvalue weighted by Gasteiger charge is 2.28. The molecule has 1 aromatic heterocycles. The molecular weight excluding hydrogens is 546 g/mol. The van der Waals surface area contributed by atoms with E-state index in [4.69, 9.17) is 14.5 Å². The predicted octanol–water partition coefficient (Wildman–Crippen LogP) is 4.91. The fourth-order valence-electron chi connectivity index (χ4n) is 5.42. The number of hydrogen-bond donors (Lipinski definition) is 0. The van der Waals surface area contributed by atoms with Crippen molar-refractivity contribution < 1.29 is 14.3 Å². The van der Waals surface area contributed by atoms with Gasteiger partial charge in [-0.2, -0.15) is 4.37 Å². The molecule has 42 heavy (non-hydrogen) atoms. The second-order valence-electron chi connectivity index (χ2n) is 10.4. The molecule has 0 spiro atoms. The Morgan fingerprint density at radius 2 is 1.60 bits per heavy atom. The average molecular weight is 586 g/mol. The Balaban J connectivity index is 1.18. The van der Waals surface area contributed by atoms with E-state index in [1.165, 1.54) is 22.7 Å². The summed E-state index contributed by atoms with van der Waals surface area (Å²) in [6.07, 6.45) is 1.05. The molecule has 1 saturated heterocycles. The van der Waals surface area contributed by atoms with Gasteiger partial charge in [0.25, 0.3) is 0 Å². The fraction of sp³-hybridized carbons (Fsp3) is 0.364. The minimum Gasteiger partial charge on any atom is -0.497 e. The van der Waals surface area contributed by atoms with Gasteiger partial charge in [0.1, 0.15) is 11.6 Å². The summed E-state index contributed by atoms with van der Waals surface area (Å²) in [6.45, 7) is 4.88. The highest BCUT2D eigenvalue weighted by Crippen LogP contribution is 2.29. The smallest absolute Gasteiger partial charge is 0.224 e. The number of carbonyl (C=O) groups excluding carboxylic acids is 1. The van der Waals surface area contributed by atoms with E-state index in [2.05, 4.69) is 74.8 Å². The third-order valence-electron chi connectivity index (χ3n) is 7.65. The van der Waals surface area contributed by atoms with Crippen LogP contribution in [0.25, 0.3) is 0 Å². The van der Waals surface area contributed by atoms with Crippen molar-refractivity contribution in [2.24, 2.45) is 0 Å². The summed E-state index contributed by atoms with van der Waals surface area (Å²) in [4.78, 5) is 24.7. The van der Waals surface area contributed by atoms with E-state index in [-0.39, 0.29) is 11.9 Å². The van der Waals surface area contributed by atoms with Crippen LogP contribution in [-0.2, 0) is 16.0 Å². The second kappa shape index (κ2) is 14.9. The first-order valence-corrected chi connectivity index (χ1v) is 15.2. The number of carbonyl (C=O) groups is 1. The van der Waals surface area contributed by atoms with E-state index in [0.717, 1.165) is 48.4 Å².